The van der Waals surface area contributed by atoms with Crippen LogP contribution in [-0.4, -0.2) is 20.6 Å². The summed E-state index contributed by atoms with van der Waals surface area (Å²) < 4.78 is 2.85. The van der Waals surface area contributed by atoms with Gasteiger partial charge in [0.25, 0.3) is 0 Å². The number of carbonyl (C=O) groups is 1. The van der Waals surface area contributed by atoms with Crippen molar-refractivity contribution in [2.45, 2.75) is 6.54 Å². The van der Waals surface area contributed by atoms with Crippen molar-refractivity contribution in [3.05, 3.63) is 22.6 Å². The lowest BCUT2D eigenvalue weighted by Gasteiger charge is -2.00. The van der Waals surface area contributed by atoms with E-state index >= 15 is 0 Å². The Morgan fingerprint density at radius 2 is 2.38 bits per heavy atom. The van der Waals surface area contributed by atoms with Gasteiger partial charge in [0.1, 0.15) is 6.54 Å². The molecule has 0 aliphatic carbocycles. The molecule has 0 unspecified atom stereocenters. The van der Waals surface area contributed by atoms with Gasteiger partial charge >= 0.3 is 11.6 Å². The predicted octanol–water partition coefficient (Wildman–Crippen LogP) is -1.66. The topological polar surface area (TPSA) is 105 Å². The zero-order valence-electron chi connectivity index (χ0n) is 8.60. The summed E-state index contributed by atoms with van der Waals surface area (Å²) in [4.78, 5) is 24.7. The summed E-state index contributed by atoms with van der Waals surface area (Å²) in [5.74, 6) is -0.535. The number of nitrogens with two attached hydrogens (primary N) is 1. The largest absolute Gasteiger partial charge is 0.454 e. The molecule has 7 heteroatoms. The van der Waals surface area contributed by atoms with Gasteiger partial charge < -0.3 is 15.4 Å². The number of fused-ring (bicyclic) bond motifs is 1. The SMILES string of the molecule is C[n+]1c(O)[nH]c(=O)c2c1ccn2CC(N)=O. The molecular formula is C9H11N4O3+. The second-order valence-corrected chi connectivity index (χ2v) is 3.48. The predicted molar refractivity (Wildman–Crippen MR) is 54.6 cm³/mol. The van der Waals surface area contributed by atoms with Crippen LogP contribution in [0.3, 0.4) is 0 Å². The molecule has 2 aromatic rings. The maximum Gasteiger partial charge on any atom is 0.454 e. The molecule has 2 aromatic heterocycles. The minimum absolute atomic E-state index is 0.0721. The Bertz CT molecular complexity index is 625. The fourth-order valence-electron chi connectivity index (χ4n) is 1.64. The Morgan fingerprint density at radius 3 is 3.00 bits per heavy atom. The van der Waals surface area contributed by atoms with E-state index in [1.807, 2.05) is 0 Å². The molecule has 0 radical (unpaired) electrons. The van der Waals surface area contributed by atoms with Crippen LogP contribution in [0.1, 0.15) is 0 Å². The Hall–Kier alpha value is -2.31. The molecule has 0 aromatic carbocycles. The first-order chi connectivity index (χ1) is 7.50. The lowest BCUT2D eigenvalue weighted by molar-refractivity contribution is -0.655. The van der Waals surface area contributed by atoms with Crippen LogP contribution >= 0.6 is 0 Å². The smallest absolute Gasteiger partial charge is 0.446 e. The molecule has 0 spiro atoms. The summed E-state index contributed by atoms with van der Waals surface area (Å²) >= 11 is 0. The summed E-state index contributed by atoms with van der Waals surface area (Å²) in [6.07, 6.45) is 1.57. The van der Waals surface area contributed by atoms with Gasteiger partial charge in [0.05, 0.1) is 7.05 Å². The third kappa shape index (κ3) is 1.42. The summed E-state index contributed by atoms with van der Waals surface area (Å²) in [6.45, 7) is -0.0721. The molecule has 2 rings (SSSR count). The van der Waals surface area contributed by atoms with E-state index in [1.54, 1.807) is 19.3 Å². The maximum absolute atomic E-state index is 11.6. The average Bonchev–Trinajstić information content (AvgIpc) is 2.58. The van der Waals surface area contributed by atoms with E-state index in [-0.39, 0.29) is 12.6 Å². The first kappa shape index (κ1) is 10.2. The minimum Gasteiger partial charge on any atom is -0.446 e. The molecule has 0 saturated carbocycles. The molecule has 1 amide bonds. The fourth-order valence-corrected chi connectivity index (χ4v) is 1.64. The number of nitrogens with zero attached hydrogens (tertiary/aromatic N) is 2. The van der Waals surface area contributed by atoms with E-state index in [4.69, 9.17) is 5.73 Å². The van der Waals surface area contributed by atoms with E-state index in [0.29, 0.717) is 11.0 Å². The minimum atomic E-state index is -0.535. The third-order valence-corrected chi connectivity index (χ3v) is 2.39. The van der Waals surface area contributed by atoms with E-state index in [1.165, 1.54) is 9.13 Å². The van der Waals surface area contributed by atoms with Gasteiger partial charge in [0, 0.05) is 12.3 Å². The molecule has 7 nitrogen and oxygen atoms in total. The van der Waals surface area contributed by atoms with E-state index in [2.05, 4.69) is 4.98 Å². The lowest BCUT2D eigenvalue weighted by atomic mass is 10.4. The fraction of sp³-hybridized carbons (Fsp3) is 0.222. The van der Waals surface area contributed by atoms with Crippen molar-refractivity contribution in [2.75, 3.05) is 0 Å². The van der Waals surface area contributed by atoms with Gasteiger partial charge in [-0.1, -0.05) is 0 Å². The highest BCUT2D eigenvalue weighted by atomic mass is 16.3. The van der Waals surface area contributed by atoms with Crippen molar-refractivity contribution in [1.29, 1.82) is 0 Å². The van der Waals surface area contributed by atoms with Crippen LogP contribution in [0.5, 0.6) is 6.01 Å². The molecule has 0 aliphatic rings. The number of H-pyrrole nitrogens is 1. The quantitative estimate of drug-likeness (QED) is 0.531. The molecule has 16 heavy (non-hydrogen) atoms. The Labute approximate surface area is 89.7 Å². The highest BCUT2D eigenvalue weighted by Gasteiger charge is 2.17. The van der Waals surface area contributed by atoms with Gasteiger partial charge in [-0.05, 0) is 0 Å². The van der Waals surface area contributed by atoms with E-state index in [9.17, 15) is 14.7 Å². The maximum atomic E-state index is 11.6. The second-order valence-electron chi connectivity index (χ2n) is 3.48. The molecule has 4 N–H and O–H groups in total. The van der Waals surface area contributed by atoms with Crippen molar-refractivity contribution < 1.29 is 14.5 Å². The van der Waals surface area contributed by atoms with Gasteiger partial charge in [-0.3, -0.25) is 4.79 Å². The van der Waals surface area contributed by atoms with Crippen molar-refractivity contribution >= 4 is 16.9 Å². The van der Waals surface area contributed by atoms with Crippen LogP contribution in [0.15, 0.2) is 17.1 Å². The summed E-state index contributed by atoms with van der Waals surface area (Å²) in [5, 5.41) is 9.40. The van der Waals surface area contributed by atoms with Crippen molar-refractivity contribution in [1.82, 2.24) is 9.55 Å². The van der Waals surface area contributed by atoms with Gasteiger partial charge in [0.15, 0.2) is 11.0 Å². The second kappa shape index (κ2) is 3.37. The number of carbonyl (C=O) groups excluding carboxylic acids is 1. The van der Waals surface area contributed by atoms with E-state index < -0.39 is 11.5 Å². The standard InChI is InChI=1S/C9H10N4O3/c1-12-5-2-3-13(4-6(10)14)7(5)8(15)11-9(12)16/h2-3H,4H2,1H3,(H3,10,11,14,15,16)/p+1. The molecule has 2 heterocycles. The molecule has 0 aliphatic heterocycles. The van der Waals surface area contributed by atoms with Crippen LogP contribution in [0.25, 0.3) is 11.0 Å². The summed E-state index contributed by atoms with van der Waals surface area (Å²) in [6, 6.07) is 1.39. The Balaban J connectivity index is 2.77. The number of amides is 1. The van der Waals surface area contributed by atoms with Crippen LogP contribution in [0, 0.1) is 0 Å². The molecular weight excluding hydrogens is 212 g/mol. The number of aromatic amines is 1. The molecule has 0 saturated heterocycles. The Kier molecular flexibility index (Phi) is 2.15. The first-order valence-electron chi connectivity index (χ1n) is 4.59. The number of hydrogen-bond acceptors (Lipinski definition) is 3. The van der Waals surface area contributed by atoms with Crippen LogP contribution in [-0.2, 0) is 18.4 Å². The van der Waals surface area contributed by atoms with Gasteiger partial charge in [0.2, 0.25) is 5.91 Å². The van der Waals surface area contributed by atoms with Crippen LogP contribution in [0.4, 0.5) is 0 Å². The third-order valence-electron chi connectivity index (χ3n) is 2.39. The monoisotopic (exact) mass is 223 g/mol. The average molecular weight is 223 g/mol. The number of rotatable bonds is 2. The zero-order valence-corrected chi connectivity index (χ0v) is 8.60. The molecule has 0 atom stereocenters. The lowest BCUT2D eigenvalue weighted by Crippen LogP contribution is -2.34. The van der Waals surface area contributed by atoms with Gasteiger partial charge in [-0.2, -0.15) is 9.55 Å². The summed E-state index contributed by atoms with van der Waals surface area (Å²) in [7, 11) is 1.60. The normalized spacial score (nSPS) is 10.8. The highest BCUT2D eigenvalue weighted by molar-refractivity contribution is 5.78. The van der Waals surface area contributed by atoms with Crippen LogP contribution in [0.2, 0.25) is 0 Å². The first-order valence-corrected chi connectivity index (χ1v) is 4.59. The number of aromatic nitrogens is 3. The van der Waals surface area contributed by atoms with Gasteiger partial charge in [-0.25, -0.2) is 4.79 Å². The highest BCUT2D eigenvalue weighted by Crippen LogP contribution is 2.08. The van der Waals surface area contributed by atoms with Crippen LogP contribution < -0.4 is 15.9 Å². The molecule has 0 bridgehead atoms. The number of nitrogens with one attached hydrogen (secondary N) is 1. The number of aryl methyl sites for hydroxylation is 1. The Morgan fingerprint density at radius 1 is 1.69 bits per heavy atom. The van der Waals surface area contributed by atoms with Crippen molar-refractivity contribution in [3.63, 3.8) is 0 Å². The molecule has 0 fully saturated rings. The number of aromatic hydroxyl groups is 1. The summed E-state index contributed by atoms with van der Waals surface area (Å²) in [5.41, 5.74) is 5.44. The van der Waals surface area contributed by atoms with Crippen molar-refractivity contribution in [2.24, 2.45) is 12.8 Å². The number of primary amides is 1. The molecule has 84 valence electrons. The van der Waals surface area contributed by atoms with Gasteiger partial charge in [-0.15, -0.1) is 0 Å². The zero-order chi connectivity index (χ0) is 11.9. The van der Waals surface area contributed by atoms with Crippen molar-refractivity contribution in [3.8, 4) is 6.01 Å². The van der Waals surface area contributed by atoms with E-state index in [0.717, 1.165) is 0 Å². The number of hydrogen-bond donors (Lipinski definition) is 3.